The predicted octanol–water partition coefficient (Wildman–Crippen LogP) is 4.08. The molecule has 4 rings (SSSR count). The fourth-order valence-electron chi connectivity index (χ4n) is 3.45. The summed E-state index contributed by atoms with van der Waals surface area (Å²) in [7, 11) is 0. The number of carbonyl (C=O) groups is 1. The molecule has 1 N–H and O–H groups in total. The smallest absolute Gasteiger partial charge is 0.341 e. The van der Waals surface area contributed by atoms with Crippen molar-refractivity contribution in [3.63, 3.8) is 0 Å². The molecule has 0 radical (unpaired) electrons. The Balaban J connectivity index is 1.89. The van der Waals surface area contributed by atoms with Crippen molar-refractivity contribution >= 4 is 16.9 Å². The molecule has 7 heteroatoms. The van der Waals surface area contributed by atoms with E-state index < -0.39 is 12.6 Å². The van der Waals surface area contributed by atoms with Crippen LogP contribution in [-0.2, 0) is 4.79 Å². The number of aryl methyl sites for hydroxylation is 1. The van der Waals surface area contributed by atoms with Crippen LogP contribution in [0, 0.1) is 6.92 Å². The van der Waals surface area contributed by atoms with E-state index in [4.69, 9.17) is 23.7 Å². The van der Waals surface area contributed by atoms with E-state index >= 15 is 0 Å². The lowest BCUT2D eigenvalue weighted by Gasteiger charge is -2.15. The summed E-state index contributed by atoms with van der Waals surface area (Å²) < 4.78 is 22.1. The first-order chi connectivity index (χ1) is 13.8. The van der Waals surface area contributed by atoms with Gasteiger partial charge in [0.15, 0.2) is 18.1 Å². The van der Waals surface area contributed by atoms with Crippen molar-refractivity contribution in [2.45, 2.75) is 26.7 Å². The zero-order chi connectivity index (χ0) is 20.7. The van der Waals surface area contributed by atoms with Crippen LogP contribution in [0.1, 0.15) is 31.1 Å². The van der Waals surface area contributed by atoms with Crippen LogP contribution in [0.15, 0.2) is 39.5 Å². The molecule has 0 amide bonds. The van der Waals surface area contributed by atoms with Gasteiger partial charge in [0, 0.05) is 6.07 Å². The highest BCUT2D eigenvalue weighted by Crippen LogP contribution is 2.37. The molecule has 0 aliphatic carbocycles. The summed E-state index contributed by atoms with van der Waals surface area (Å²) in [6.07, 6.45) is 0. The molecule has 0 spiro atoms. The van der Waals surface area contributed by atoms with Gasteiger partial charge >= 0.3 is 5.97 Å². The molecule has 0 unspecified atom stereocenters. The summed E-state index contributed by atoms with van der Waals surface area (Å²) in [5.41, 5.74) is 2.05. The van der Waals surface area contributed by atoms with E-state index in [9.17, 15) is 9.59 Å². The summed E-state index contributed by atoms with van der Waals surface area (Å²) in [4.78, 5) is 24.2. The highest BCUT2D eigenvalue weighted by molar-refractivity contribution is 5.85. The van der Waals surface area contributed by atoms with Gasteiger partial charge in [0.25, 0.3) is 0 Å². The van der Waals surface area contributed by atoms with Crippen LogP contribution >= 0.6 is 0 Å². The van der Waals surface area contributed by atoms with E-state index in [0.717, 1.165) is 5.56 Å². The molecule has 3 aromatic rings. The van der Waals surface area contributed by atoms with Crippen molar-refractivity contribution in [1.82, 2.24) is 0 Å². The third-order valence-electron chi connectivity index (χ3n) is 4.83. The number of hydrogen-bond donors (Lipinski definition) is 1. The molecule has 1 aromatic heterocycles. The Hall–Kier alpha value is -3.48. The summed E-state index contributed by atoms with van der Waals surface area (Å²) in [6, 6.07) is 8.64. The van der Waals surface area contributed by atoms with Crippen LogP contribution in [0.5, 0.6) is 17.2 Å². The maximum Gasteiger partial charge on any atom is 0.341 e. The molecule has 0 fully saturated rings. The molecular weight excluding hydrogens is 376 g/mol. The minimum Gasteiger partial charge on any atom is -0.481 e. The fourth-order valence-corrected chi connectivity index (χ4v) is 3.45. The Kier molecular flexibility index (Phi) is 4.66. The standard InChI is InChI=1S/C22H20O7/c1-11(2)14-7-15-18(8-17(14)26-9-20(23)24)29-12(3)21(22(15)25)13-4-5-16-19(6-13)28-10-27-16/h4-8,11H,9-10H2,1-3H3,(H,23,24). The third kappa shape index (κ3) is 3.40. The van der Waals surface area contributed by atoms with Crippen LogP contribution in [0.2, 0.25) is 0 Å². The monoisotopic (exact) mass is 396 g/mol. The van der Waals surface area contributed by atoms with Gasteiger partial charge in [0.05, 0.1) is 10.9 Å². The molecule has 29 heavy (non-hydrogen) atoms. The first-order valence-corrected chi connectivity index (χ1v) is 9.21. The van der Waals surface area contributed by atoms with E-state index in [1.807, 2.05) is 13.8 Å². The van der Waals surface area contributed by atoms with Crippen LogP contribution in [0.3, 0.4) is 0 Å². The largest absolute Gasteiger partial charge is 0.481 e. The Labute approximate surface area is 166 Å². The lowest BCUT2D eigenvalue weighted by Crippen LogP contribution is -2.12. The Morgan fingerprint density at radius 2 is 1.93 bits per heavy atom. The minimum absolute atomic E-state index is 0.0258. The average Bonchev–Trinajstić information content (AvgIpc) is 3.13. The molecule has 2 heterocycles. The highest BCUT2D eigenvalue weighted by atomic mass is 16.7. The van der Waals surface area contributed by atoms with Crippen molar-refractivity contribution in [1.29, 1.82) is 0 Å². The minimum atomic E-state index is -1.07. The van der Waals surface area contributed by atoms with Gasteiger partial charge in [-0.25, -0.2) is 4.79 Å². The Morgan fingerprint density at radius 3 is 2.66 bits per heavy atom. The molecule has 2 aromatic carbocycles. The number of aliphatic carboxylic acids is 1. The first kappa shape index (κ1) is 18.9. The van der Waals surface area contributed by atoms with Gasteiger partial charge in [0.2, 0.25) is 12.2 Å². The van der Waals surface area contributed by atoms with E-state index in [2.05, 4.69) is 0 Å². The third-order valence-corrected chi connectivity index (χ3v) is 4.83. The van der Waals surface area contributed by atoms with Crippen LogP contribution in [0.4, 0.5) is 0 Å². The average molecular weight is 396 g/mol. The number of ether oxygens (including phenoxy) is 3. The number of carboxylic acids is 1. The first-order valence-electron chi connectivity index (χ1n) is 9.21. The zero-order valence-electron chi connectivity index (χ0n) is 16.3. The fraction of sp³-hybridized carbons (Fsp3) is 0.273. The van der Waals surface area contributed by atoms with Gasteiger partial charge in [-0.1, -0.05) is 19.9 Å². The van der Waals surface area contributed by atoms with Crippen molar-refractivity contribution in [2.75, 3.05) is 13.4 Å². The van der Waals surface area contributed by atoms with Crippen LogP contribution in [0.25, 0.3) is 22.1 Å². The normalized spacial score (nSPS) is 12.6. The number of fused-ring (bicyclic) bond motifs is 2. The van der Waals surface area contributed by atoms with Crippen molar-refractivity contribution in [3.8, 4) is 28.4 Å². The number of benzene rings is 2. The zero-order valence-corrected chi connectivity index (χ0v) is 16.3. The highest BCUT2D eigenvalue weighted by Gasteiger charge is 2.20. The Bertz CT molecular complexity index is 1170. The lowest BCUT2D eigenvalue weighted by molar-refractivity contribution is -0.139. The summed E-state index contributed by atoms with van der Waals surface area (Å²) in [5, 5.41) is 9.33. The van der Waals surface area contributed by atoms with E-state index in [0.29, 0.717) is 45.1 Å². The molecule has 150 valence electrons. The second-order valence-corrected chi connectivity index (χ2v) is 7.15. The van der Waals surface area contributed by atoms with E-state index in [1.54, 1.807) is 37.3 Å². The maximum atomic E-state index is 13.3. The van der Waals surface area contributed by atoms with Gasteiger partial charge < -0.3 is 23.7 Å². The summed E-state index contributed by atoms with van der Waals surface area (Å²) in [5.74, 6) is 1.02. The molecule has 1 aliphatic heterocycles. The molecule has 0 atom stereocenters. The maximum absolute atomic E-state index is 13.3. The molecule has 1 aliphatic rings. The van der Waals surface area contributed by atoms with Crippen molar-refractivity contribution < 1.29 is 28.5 Å². The quantitative estimate of drug-likeness (QED) is 0.694. The van der Waals surface area contributed by atoms with Gasteiger partial charge in [-0.15, -0.1) is 0 Å². The van der Waals surface area contributed by atoms with Crippen LogP contribution < -0.4 is 19.6 Å². The molecule has 0 saturated carbocycles. The van der Waals surface area contributed by atoms with Gasteiger partial charge in [-0.05, 0) is 42.2 Å². The summed E-state index contributed by atoms with van der Waals surface area (Å²) in [6.45, 7) is 5.30. The van der Waals surface area contributed by atoms with Gasteiger partial charge in [0.1, 0.15) is 17.1 Å². The lowest BCUT2D eigenvalue weighted by atomic mass is 9.97. The molecule has 0 saturated heterocycles. The topological polar surface area (TPSA) is 95.2 Å². The predicted molar refractivity (Wildman–Crippen MR) is 106 cm³/mol. The van der Waals surface area contributed by atoms with E-state index in [1.165, 1.54) is 0 Å². The molecular formula is C22H20O7. The number of rotatable bonds is 5. The Morgan fingerprint density at radius 1 is 1.17 bits per heavy atom. The second kappa shape index (κ2) is 7.16. The second-order valence-electron chi connectivity index (χ2n) is 7.15. The van der Waals surface area contributed by atoms with Gasteiger partial charge in [-0.2, -0.15) is 0 Å². The SMILES string of the molecule is Cc1oc2cc(OCC(=O)O)c(C(C)C)cc2c(=O)c1-c1ccc2c(c1)OCO2. The van der Waals surface area contributed by atoms with Crippen molar-refractivity contribution in [2.24, 2.45) is 0 Å². The molecule has 7 nitrogen and oxygen atoms in total. The number of hydrogen-bond acceptors (Lipinski definition) is 6. The van der Waals surface area contributed by atoms with E-state index in [-0.39, 0.29) is 18.1 Å². The van der Waals surface area contributed by atoms with Crippen molar-refractivity contribution in [3.05, 3.63) is 51.9 Å². The van der Waals surface area contributed by atoms with Crippen LogP contribution in [-0.4, -0.2) is 24.5 Å². The van der Waals surface area contributed by atoms with Gasteiger partial charge in [-0.3, -0.25) is 4.79 Å². The summed E-state index contributed by atoms with van der Waals surface area (Å²) >= 11 is 0. The number of carboxylic acid groups (broad SMARTS) is 1. The molecule has 0 bridgehead atoms.